The zero-order valence-corrected chi connectivity index (χ0v) is 20.1. The van der Waals surface area contributed by atoms with E-state index < -0.39 is 15.6 Å². The van der Waals surface area contributed by atoms with Gasteiger partial charge in [0.2, 0.25) is 0 Å². The summed E-state index contributed by atoms with van der Waals surface area (Å²) in [6, 6.07) is 22.6. The third-order valence-electron chi connectivity index (χ3n) is 4.09. The first-order chi connectivity index (χ1) is 13.9. The molecule has 0 spiro atoms. The number of hydrogen-bond donors (Lipinski definition) is 1. The first-order valence-electron chi connectivity index (χ1n) is 8.83. The molecule has 3 aromatic carbocycles. The fraction of sp³-hybridized carbons (Fsp3) is 0.182. The molecule has 0 atom stereocenters. The van der Waals surface area contributed by atoms with Crippen LogP contribution < -0.4 is 4.74 Å². The Kier molecular flexibility index (Phi) is 9.52. The third kappa shape index (κ3) is 7.82. The lowest BCUT2D eigenvalue weighted by Gasteiger charge is -2.12. The molecule has 4 nitrogen and oxygen atoms in total. The Morgan fingerprint density at radius 2 is 1.23 bits per heavy atom. The number of ether oxygens (including phenoxy) is 1. The van der Waals surface area contributed by atoms with Gasteiger partial charge < -0.3 is 4.74 Å². The maximum Gasteiger partial charge on any atom is 0.522 e. The number of halogens is 4. The highest BCUT2D eigenvalue weighted by molar-refractivity contribution is 14.0. The van der Waals surface area contributed by atoms with Crippen molar-refractivity contribution in [3.05, 3.63) is 83.4 Å². The highest BCUT2D eigenvalue weighted by Crippen LogP contribution is 2.30. The summed E-state index contributed by atoms with van der Waals surface area (Å²) in [7, 11) is -5.84. The molecule has 0 amide bonds. The predicted molar refractivity (Wildman–Crippen MR) is 126 cm³/mol. The Labute approximate surface area is 196 Å². The van der Waals surface area contributed by atoms with Crippen LogP contribution in [0.1, 0.15) is 16.7 Å². The molecule has 3 aromatic rings. The SMILES string of the molecule is Cc1cc(C)c(-c2ccc(Oc3ccccc3)cc2)c(C)c1.I.O=S(=O)(O)C(F)(F)F. The van der Waals surface area contributed by atoms with Gasteiger partial charge in [-0.15, -0.1) is 24.0 Å². The molecular weight excluding hydrogens is 544 g/mol. The van der Waals surface area contributed by atoms with E-state index >= 15 is 0 Å². The van der Waals surface area contributed by atoms with Gasteiger partial charge in [0.05, 0.1) is 0 Å². The van der Waals surface area contributed by atoms with Crippen LogP contribution in [0.4, 0.5) is 13.2 Å². The summed E-state index contributed by atoms with van der Waals surface area (Å²) in [5, 5.41) is 0. The van der Waals surface area contributed by atoms with Crippen LogP contribution in [0.15, 0.2) is 66.7 Å². The van der Waals surface area contributed by atoms with Gasteiger partial charge in [-0.25, -0.2) is 0 Å². The van der Waals surface area contributed by atoms with Gasteiger partial charge in [0, 0.05) is 0 Å². The Morgan fingerprint density at radius 1 is 0.806 bits per heavy atom. The van der Waals surface area contributed by atoms with Gasteiger partial charge in [0.25, 0.3) is 0 Å². The average molecular weight is 566 g/mol. The van der Waals surface area contributed by atoms with Gasteiger partial charge in [-0.05, 0) is 67.3 Å². The van der Waals surface area contributed by atoms with E-state index in [9.17, 15) is 13.2 Å². The number of hydrogen-bond acceptors (Lipinski definition) is 3. The van der Waals surface area contributed by atoms with Crippen LogP contribution in [0.25, 0.3) is 11.1 Å². The molecule has 0 heterocycles. The minimum absolute atomic E-state index is 0. The van der Waals surface area contributed by atoms with E-state index in [1.807, 2.05) is 42.5 Å². The van der Waals surface area contributed by atoms with E-state index in [1.54, 1.807) is 0 Å². The number of rotatable bonds is 3. The lowest BCUT2D eigenvalue weighted by atomic mass is 9.94. The smallest absolute Gasteiger partial charge is 0.457 e. The number of para-hydroxylation sites is 1. The van der Waals surface area contributed by atoms with E-state index in [0.29, 0.717) is 0 Å². The van der Waals surface area contributed by atoms with Gasteiger partial charge in [-0.1, -0.05) is 48.0 Å². The second-order valence-corrected chi connectivity index (χ2v) is 8.05. The molecule has 0 bridgehead atoms. The Hall–Kier alpha value is -2.11. The zero-order chi connectivity index (χ0) is 22.5. The minimum Gasteiger partial charge on any atom is -0.457 e. The van der Waals surface area contributed by atoms with E-state index in [4.69, 9.17) is 17.7 Å². The topological polar surface area (TPSA) is 63.6 Å². The fourth-order valence-electron chi connectivity index (χ4n) is 2.95. The molecule has 0 unspecified atom stereocenters. The van der Waals surface area contributed by atoms with E-state index in [-0.39, 0.29) is 24.0 Å². The molecule has 31 heavy (non-hydrogen) atoms. The molecule has 0 aromatic heterocycles. The Bertz CT molecular complexity index is 1070. The first-order valence-corrected chi connectivity index (χ1v) is 10.3. The van der Waals surface area contributed by atoms with E-state index in [2.05, 4.69) is 45.0 Å². The second-order valence-electron chi connectivity index (χ2n) is 6.63. The molecule has 0 aliphatic rings. The largest absolute Gasteiger partial charge is 0.522 e. The van der Waals surface area contributed by atoms with Gasteiger partial charge in [0.1, 0.15) is 11.5 Å². The maximum atomic E-state index is 10.7. The van der Waals surface area contributed by atoms with Gasteiger partial charge in [-0.3, -0.25) is 4.55 Å². The summed E-state index contributed by atoms with van der Waals surface area (Å²) >= 11 is 0. The van der Waals surface area contributed by atoms with Crippen LogP contribution in [-0.2, 0) is 10.1 Å². The fourth-order valence-corrected chi connectivity index (χ4v) is 2.95. The lowest BCUT2D eigenvalue weighted by Crippen LogP contribution is -2.21. The lowest BCUT2D eigenvalue weighted by molar-refractivity contribution is -0.0510. The third-order valence-corrected chi connectivity index (χ3v) is 4.68. The van der Waals surface area contributed by atoms with Crippen LogP contribution in [0.3, 0.4) is 0 Å². The van der Waals surface area contributed by atoms with Gasteiger partial charge in [0.15, 0.2) is 0 Å². The first kappa shape index (κ1) is 26.9. The molecule has 0 saturated carbocycles. The van der Waals surface area contributed by atoms with Crippen molar-refractivity contribution in [3.8, 4) is 22.6 Å². The van der Waals surface area contributed by atoms with Crippen LogP contribution >= 0.6 is 24.0 Å². The maximum absolute atomic E-state index is 10.7. The normalized spacial score (nSPS) is 11.1. The summed E-state index contributed by atoms with van der Waals surface area (Å²) < 4.78 is 63.4. The number of benzene rings is 3. The molecule has 168 valence electrons. The van der Waals surface area contributed by atoms with Gasteiger partial charge in [-0.2, -0.15) is 21.6 Å². The number of aryl methyl sites for hydroxylation is 3. The van der Waals surface area contributed by atoms with Crippen molar-refractivity contribution in [3.63, 3.8) is 0 Å². The van der Waals surface area contributed by atoms with Crippen molar-refractivity contribution in [1.82, 2.24) is 0 Å². The van der Waals surface area contributed by atoms with Crippen LogP contribution in [0.5, 0.6) is 11.5 Å². The van der Waals surface area contributed by atoms with Crippen molar-refractivity contribution < 1.29 is 30.9 Å². The Morgan fingerprint density at radius 3 is 1.65 bits per heavy atom. The zero-order valence-electron chi connectivity index (χ0n) is 17.0. The Balaban J connectivity index is 0.000000461. The minimum atomic E-state index is -5.84. The standard InChI is InChI=1S/C21H20O.CHF3O3S.HI/c1-15-13-16(2)21(17(3)14-15)18-9-11-20(12-10-18)22-19-7-5-4-6-8-19;2-1(3,4)8(5,6)7;/h4-14H,1-3H3;(H,5,6,7);1H. The molecule has 0 fully saturated rings. The van der Waals surface area contributed by atoms with Crippen LogP contribution in [0.2, 0.25) is 0 Å². The second kappa shape index (κ2) is 11.0. The molecule has 3 rings (SSSR count). The summed E-state index contributed by atoms with van der Waals surface area (Å²) in [6.45, 7) is 6.48. The quantitative estimate of drug-likeness (QED) is 0.209. The summed E-state index contributed by atoms with van der Waals surface area (Å²) in [6.07, 6.45) is 0. The summed E-state index contributed by atoms with van der Waals surface area (Å²) in [5.74, 6) is 1.72. The van der Waals surface area contributed by atoms with Crippen LogP contribution in [0, 0.1) is 20.8 Å². The van der Waals surface area contributed by atoms with Crippen LogP contribution in [-0.4, -0.2) is 18.5 Å². The van der Waals surface area contributed by atoms with Gasteiger partial charge >= 0.3 is 15.6 Å². The molecular formula is C22H22F3IO4S. The molecule has 9 heteroatoms. The summed E-state index contributed by atoms with van der Waals surface area (Å²) in [5.41, 5.74) is 0.950. The summed E-state index contributed by atoms with van der Waals surface area (Å²) in [4.78, 5) is 0. The van der Waals surface area contributed by atoms with Crippen molar-refractivity contribution in [2.24, 2.45) is 0 Å². The average Bonchev–Trinajstić information content (AvgIpc) is 2.62. The van der Waals surface area contributed by atoms with E-state index in [1.165, 1.54) is 27.8 Å². The monoisotopic (exact) mass is 566 g/mol. The van der Waals surface area contributed by atoms with Crippen molar-refractivity contribution >= 4 is 34.1 Å². The van der Waals surface area contributed by atoms with Crippen molar-refractivity contribution in [2.45, 2.75) is 26.3 Å². The molecule has 1 N–H and O–H groups in total. The predicted octanol–water partition coefficient (Wildman–Crippen LogP) is 7.08. The number of alkyl halides is 3. The molecule has 0 aliphatic heterocycles. The highest BCUT2D eigenvalue weighted by Gasteiger charge is 2.44. The molecule has 0 radical (unpaired) electrons. The van der Waals surface area contributed by atoms with Crippen molar-refractivity contribution in [1.29, 1.82) is 0 Å². The highest BCUT2D eigenvalue weighted by atomic mass is 127. The molecule has 0 aliphatic carbocycles. The van der Waals surface area contributed by atoms with Crippen molar-refractivity contribution in [2.75, 3.05) is 0 Å². The molecule has 0 saturated heterocycles. The van der Waals surface area contributed by atoms with E-state index in [0.717, 1.165) is 11.5 Å².